The predicted octanol–water partition coefficient (Wildman–Crippen LogP) is 3.47. The number of aromatic nitrogens is 2. The molecule has 2 aromatic rings. The van der Waals surface area contributed by atoms with Crippen LogP contribution in [0.3, 0.4) is 0 Å². The van der Waals surface area contributed by atoms with Gasteiger partial charge in [-0.1, -0.05) is 13.8 Å². The summed E-state index contributed by atoms with van der Waals surface area (Å²) in [5.41, 5.74) is 2.06. The maximum Gasteiger partial charge on any atom is 0.320 e. The lowest BCUT2D eigenvalue weighted by molar-refractivity contribution is 0.222. The summed E-state index contributed by atoms with van der Waals surface area (Å²) in [6.07, 6.45) is 1.79. The molecule has 2 amide bonds. The summed E-state index contributed by atoms with van der Waals surface area (Å²) in [4.78, 5) is 12.4. The van der Waals surface area contributed by atoms with E-state index in [1.165, 1.54) is 0 Å². The lowest BCUT2D eigenvalue weighted by Gasteiger charge is -2.34. The van der Waals surface area contributed by atoms with Crippen molar-refractivity contribution < 1.29 is 9.21 Å². The topological polar surface area (TPSA) is 72.1 Å². The number of carbonyl (C=O) groups is 1. The summed E-state index contributed by atoms with van der Waals surface area (Å²) in [6.45, 7) is 8.24. The number of nitrogens with zero attached hydrogens (tertiary/aromatic N) is 2. The molecule has 0 saturated carbocycles. The zero-order valence-electron chi connectivity index (χ0n) is 14.4. The van der Waals surface area contributed by atoms with Crippen molar-refractivity contribution in [2.75, 3.05) is 5.32 Å². The van der Waals surface area contributed by atoms with Crippen molar-refractivity contribution in [2.45, 2.75) is 46.6 Å². The maximum absolute atomic E-state index is 12.4. The number of aryl methyl sites for hydroxylation is 3. The minimum Gasteiger partial charge on any atom is -0.466 e. The molecular weight excluding hydrogens is 292 g/mol. The molecular formula is C17H24N4O2. The fourth-order valence-electron chi connectivity index (χ4n) is 3.35. The SMILES string of the molecule is Cc1cc(NC(=O)N[C@@H]2CC(C)(C)Cc3oc(C)cc32)n(C)n1. The van der Waals surface area contributed by atoms with Gasteiger partial charge in [0.2, 0.25) is 0 Å². The molecule has 6 nitrogen and oxygen atoms in total. The Labute approximate surface area is 136 Å². The van der Waals surface area contributed by atoms with E-state index in [9.17, 15) is 4.79 Å². The maximum atomic E-state index is 12.4. The van der Waals surface area contributed by atoms with E-state index in [0.29, 0.717) is 5.82 Å². The highest BCUT2D eigenvalue weighted by Gasteiger charge is 2.35. The lowest BCUT2D eigenvalue weighted by atomic mass is 9.75. The molecule has 0 bridgehead atoms. The molecule has 23 heavy (non-hydrogen) atoms. The highest BCUT2D eigenvalue weighted by atomic mass is 16.3. The summed E-state index contributed by atoms with van der Waals surface area (Å²) in [7, 11) is 1.81. The first-order valence-electron chi connectivity index (χ1n) is 7.91. The Kier molecular flexibility index (Phi) is 3.70. The van der Waals surface area contributed by atoms with Gasteiger partial charge < -0.3 is 9.73 Å². The van der Waals surface area contributed by atoms with Crippen LogP contribution in [-0.2, 0) is 13.5 Å². The van der Waals surface area contributed by atoms with E-state index in [2.05, 4.69) is 29.6 Å². The van der Waals surface area contributed by atoms with Crippen LogP contribution in [0.2, 0.25) is 0 Å². The molecule has 2 N–H and O–H groups in total. The first kappa shape index (κ1) is 15.6. The van der Waals surface area contributed by atoms with Crippen LogP contribution in [0.25, 0.3) is 0 Å². The summed E-state index contributed by atoms with van der Waals surface area (Å²) in [5, 5.41) is 10.2. The number of fused-ring (bicyclic) bond motifs is 1. The van der Waals surface area contributed by atoms with Gasteiger partial charge in [-0.3, -0.25) is 10.00 Å². The first-order chi connectivity index (χ1) is 10.7. The quantitative estimate of drug-likeness (QED) is 0.891. The number of anilines is 1. The molecule has 2 aromatic heterocycles. The molecule has 0 unspecified atom stereocenters. The molecule has 1 atom stereocenters. The number of nitrogens with one attached hydrogen (secondary N) is 2. The van der Waals surface area contributed by atoms with Gasteiger partial charge in [-0.25, -0.2) is 4.79 Å². The fraction of sp³-hybridized carbons (Fsp3) is 0.529. The van der Waals surface area contributed by atoms with Gasteiger partial charge in [0.05, 0.1) is 11.7 Å². The smallest absolute Gasteiger partial charge is 0.320 e. The van der Waals surface area contributed by atoms with Crippen molar-refractivity contribution in [1.82, 2.24) is 15.1 Å². The van der Waals surface area contributed by atoms with Crippen molar-refractivity contribution in [3.8, 4) is 0 Å². The molecule has 124 valence electrons. The first-order valence-corrected chi connectivity index (χ1v) is 7.91. The normalized spacial score (nSPS) is 19.3. The summed E-state index contributed by atoms with van der Waals surface area (Å²) in [6, 6.07) is 3.61. The van der Waals surface area contributed by atoms with Crippen LogP contribution in [0, 0.1) is 19.3 Å². The van der Waals surface area contributed by atoms with E-state index >= 15 is 0 Å². The van der Waals surface area contributed by atoms with Crippen molar-refractivity contribution in [3.05, 3.63) is 34.9 Å². The third-order valence-corrected chi connectivity index (χ3v) is 4.29. The van der Waals surface area contributed by atoms with Gasteiger partial charge in [-0.15, -0.1) is 0 Å². The van der Waals surface area contributed by atoms with Crippen molar-refractivity contribution in [3.63, 3.8) is 0 Å². The second kappa shape index (κ2) is 5.44. The molecule has 0 fully saturated rings. The standard InChI is InChI=1S/C17H24N4O2/c1-10-6-15(21(5)20-10)19-16(22)18-13-8-17(3,4)9-14-12(13)7-11(2)23-14/h6-7,13H,8-9H2,1-5H3,(H2,18,19,22)/t13-/m1/s1. The van der Waals surface area contributed by atoms with E-state index in [1.807, 2.05) is 33.0 Å². The zero-order chi connectivity index (χ0) is 16.8. The second-order valence-corrected chi connectivity index (χ2v) is 7.23. The number of rotatable bonds is 2. The van der Waals surface area contributed by atoms with Crippen LogP contribution in [-0.4, -0.2) is 15.8 Å². The third kappa shape index (κ3) is 3.25. The zero-order valence-corrected chi connectivity index (χ0v) is 14.4. The molecule has 1 aliphatic rings. The molecule has 0 radical (unpaired) electrons. The average Bonchev–Trinajstić information content (AvgIpc) is 2.90. The number of hydrogen-bond acceptors (Lipinski definition) is 3. The Bertz CT molecular complexity index is 742. The van der Waals surface area contributed by atoms with Crippen molar-refractivity contribution >= 4 is 11.8 Å². The van der Waals surface area contributed by atoms with Gasteiger partial charge in [-0.05, 0) is 31.7 Å². The number of hydrogen-bond donors (Lipinski definition) is 2. The average molecular weight is 316 g/mol. The van der Waals surface area contributed by atoms with E-state index in [0.717, 1.165) is 35.6 Å². The largest absolute Gasteiger partial charge is 0.466 e. The Morgan fingerprint density at radius 2 is 2.13 bits per heavy atom. The summed E-state index contributed by atoms with van der Waals surface area (Å²) >= 11 is 0. The van der Waals surface area contributed by atoms with Crippen LogP contribution in [0.4, 0.5) is 10.6 Å². The molecule has 0 aliphatic heterocycles. The van der Waals surface area contributed by atoms with E-state index in [1.54, 1.807) is 4.68 Å². The lowest BCUT2D eigenvalue weighted by Crippen LogP contribution is -2.38. The monoisotopic (exact) mass is 316 g/mol. The van der Waals surface area contributed by atoms with Crippen LogP contribution in [0.1, 0.15) is 49.1 Å². The van der Waals surface area contributed by atoms with E-state index < -0.39 is 0 Å². The molecule has 0 saturated heterocycles. The minimum absolute atomic E-state index is 0.0412. The van der Waals surface area contributed by atoms with Gasteiger partial charge in [-0.2, -0.15) is 5.10 Å². The molecule has 0 spiro atoms. The molecule has 3 rings (SSSR count). The Morgan fingerprint density at radius 1 is 1.39 bits per heavy atom. The number of carbonyl (C=O) groups excluding carboxylic acids is 1. The Morgan fingerprint density at radius 3 is 2.78 bits per heavy atom. The van der Waals surface area contributed by atoms with Crippen molar-refractivity contribution in [1.29, 1.82) is 0 Å². The van der Waals surface area contributed by atoms with Crippen LogP contribution in [0.5, 0.6) is 0 Å². The number of urea groups is 1. The third-order valence-electron chi connectivity index (χ3n) is 4.29. The van der Waals surface area contributed by atoms with Crippen LogP contribution in [0.15, 0.2) is 16.5 Å². The van der Waals surface area contributed by atoms with Crippen molar-refractivity contribution in [2.24, 2.45) is 12.5 Å². The van der Waals surface area contributed by atoms with Gasteiger partial charge in [0.15, 0.2) is 0 Å². The summed E-state index contributed by atoms with van der Waals surface area (Å²) in [5.74, 6) is 2.56. The molecule has 6 heteroatoms. The van der Waals surface area contributed by atoms with Gasteiger partial charge >= 0.3 is 6.03 Å². The van der Waals surface area contributed by atoms with Gasteiger partial charge in [0.25, 0.3) is 0 Å². The predicted molar refractivity (Wildman–Crippen MR) is 88.4 cm³/mol. The van der Waals surface area contributed by atoms with Crippen LogP contribution < -0.4 is 10.6 Å². The molecule has 0 aromatic carbocycles. The minimum atomic E-state index is -0.222. The summed E-state index contributed by atoms with van der Waals surface area (Å²) < 4.78 is 7.47. The highest BCUT2D eigenvalue weighted by Crippen LogP contribution is 2.42. The Balaban J connectivity index is 1.76. The van der Waals surface area contributed by atoms with Gasteiger partial charge in [0.1, 0.15) is 17.3 Å². The second-order valence-electron chi connectivity index (χ2n) is 7.23. The van der Waals surface area contributed by atoms with E-state index in [-0.39, 0.29) is 17.5 Å². The van der Waals surface area contributed by atoms with E-state index in [4.69, 9.17) is 4.42 Å². The Hall–Kier alpha value is -2.24. The molecule has 1 aliphatic carbocycles. The fourth-order valence-corrected chi connectivity index (χ4v) is 3.35. The number of amides is 2. The van der Waals surface area contributed by atoms with Gasteiger partial charge in [0, 0.05) is 25.1 Å². The number of furan rings is 1. The molecule has 2 heterocycles. The van der Waals surface area contributed by atoms with Crippen LogP contribution >= 0.6 is 0 Å². The highest BCUT2D eigenvalue weighted by molar-refractivity contribution is 5.88.